The highest BCUT2D eigenvalue weighted by Gasteiger charge is 2.29. The van der Waals surface area contributed by atoms with Crippen LogP contribution in [0.25, 0.3) is 0 Å². The number of amidine groups is 1. The van der Waals surface area contributed by atoms with Gasteiger partial charge in [-0.25, -0.2) is 4.79 Å². The molecule has 1 unspecified atom stereocenters. The third-order valence-corrected chi connectivity index (χ3v) is 3.31. The quantitative estimate of drug-likeness (QED) is 0.685. The summed E-state index contributed by atoms with van der Waals surface area (Å²) in [5.74, 6) is -0.267. The lowest BCUT2D eigenvalue weighted by Crippen LogP contribution is -2.32. The number of hydrogen-bond acceptors (Lipinski definition) is 5. The zero-order chi connectivity index (χ0) is 15.4. The molecule has 0 saturated heterocycles. The van der Waals surface area contributed by atoms with Gasteiger partial charge in [0.2, 0.25) is 0 Å². The van der Waals surface area contributed by atoms with Crippen molar-refractivity contribution in [1.29, 1.82) is 0 Å². The maximum Gasteiger partial charge on any atom is 0.338 e. The molecule has 110 valence electrons. The molecular formula is C15H15ClN2O3. The van der Waals surface area contributed by atoms with E-state index in [2.05, 4.69) is 10.3 Å². The largest absolute Gasteiger partial charge is 0.463 e. The van der Waals surface area contributed by atoms with E-state index in [1.54, 1.807) is 38.1 Å². The first-order valence-corrected chi connectivity index (χ1v) is 6.88. The Balaban J connectivity index is 2.46. The van der Waals surface area contributed by atoms with Gasteiger partial charge >= 0.3 is 5.97 Å². The SMILES string of the molecule is CCOC(=O)C1=C(C)NC(C=O)=NC1c1ccc(Cl)cc1. The zero-order valence-electron chi connectivity index (χ0n) is 11.7. The van der Waals surface area contributed by atoms with Gasteiger partial charge in [-0.15, -0.1) is 0 Å². The molecule has 0 fully saturated rings. The summed E-state index contributed by atoms with van der Waals surface area (Å²) in [6.07, 6.45) is 0.619. The molecule has 1 heterocycles. The van der Waals surface area contributed by atoms with Crippen molar-refractivity contribution in [1.82, 2.24) is 5.32 Å². The molecule has 0 bridgehead atoms. The van der Waals surface area contributed by atoms with E-state index in [1.807, 2.05) is 0 Å². The molecule has 2 rings (SSSR count). The van der Waals surface area contributed by atoms with Crippen LogP contribution in [-0.4, -0.2) is 24.7 Å². The van der Waals surface area contributed by atoms with Gasteiger partial charge in [0.1, 0.15) is 6.04 Å². The fourth-order valence-electron chi connectivity index (χ4n) is 2.12. The molecule has 0 aromatic heterocycles. The zero-order valence-corrected chi connectivity index (χ0v) is 12.5. The highest BCUT2D eigenvalue weighted by molar-refractivity contribution is 6.30. The van der Waals surface area contributed by atoms with E-state index in [-0.39, 0.29) is 12.4 Å². The molecule has 0 aliphatic carbocycles. The summed E-state index contributed by atoms with van der Waals surface area (Å²) in [7, 11) is 0. The van der Waals surface area contributed by atoms with Crippen molar-refractivity contribution in [3.05, 3.63) is 46.1 Å². The van der Waals surface area contributed by atoms with Gasteiger partial charge in [-0.05, 0) is 31.5 Å². The summed E-state index contributed by atoms with van der Waals surface area (Å²) >= 11 is 5.88. The predicted molar refractivity (Wildman–Crippen MR) is 80.2 cm³/mol. The number of nitrogens with zero attached hydrogens (tertiary/aromatic N) is 1. The Morgan fingerprint density at radius 1 is 1.43 bits per heavy atom. The summed E-state index contributed by atoms with van der Waals surface area (Å²) in [6.45, 7) is 3.72. The van der Waals surface area contributed by atoms with Crippen molar-refractivity contribution in [3.8, 4) is 0 Å². The van der Waals surface area contributed by atoms with Gasteiger partial charge < -0.3 is 10.1 Å². The maximum absolute atomic E-state index is 12.2. The molecule has 0 saturated carbocycles. The minimum atomic E-state index is -0.581. The highest BCUT2D eigenvalue weighted by Crippen LogP contribution is 2.31. The second kappa shape index (κ2) is 6.54. The van der Waals surface area contributed by atoms with Gasteiger partial charge in [-0.3, -0.25) is 9.79 Å². The van der Waals surface area contributed by atoms with Crippen LogP contribution in [0.15, 0.2) is 40.5 Å². The first kappa shape index (κ1) is 15.3. The third kappa shape index (κ3) is 3.31. The van der Waals surface area contributed by atoms with E-state index in [9.17, 15) is 9.59 Å². The van der Waals surface area contributed by atoms with E-state index in [1.165, 1.54) is 0 Å². The normalized spacial score (nSPS) is 17.9. The van der Waals surface area contributed by atoms with Crippen molar-refractivity contribution < 1.29 is 14.3 Å². The van der Waals surface area contributed by atoms with Crippen LogP contribution in [0.1, 0.15) is 25.5 Å². The van der Waals surface area contributed by atoms with Crippen molar-refractivity contribution in [2.45, 2.75) is 19.9 Å². The van der Waals surface area contributed by atoms with Crippen LogP contribution < -0.4 is 5.32 Å². The molecule has 5 nitrogen and oxygen atoms in total. The number of halogens is 1. The standard InChI is InChI=1S/C15H15ClN2O3/c1-3-21-15(20)13-9(2)17-12(8-19)18-14(13)10-4-6-11(16)7-5-10/h4-8,14H,3H2,1-2H3,(H,17,18). The van der Waals surface area contributed by atoms with Gasteiger partial charge in [-0.2, -0.15) is 0 Å². The van der Waals surface area contributed by atoms with E-state index < -0.39 is 12.0 Å². The molecule has 0 spiro atoms. The second-order valence-corrected chi connectivity index (χ2v) is 4.91. The molecule has 1 aromatic rings. The number of benzene rings is 1. The van der Waals surface area contributed by atoms with Crippen molar-refractivity contribution in [2.75, 3.05) is 6.61 Å². The van der Waals surface area contributed by atoms with Crippen molar-refractivity contribution in [3.63, 3.8) is 0 Å². The lowest BCUT2D eigenvalue weighted by molar-refractivity contribution is -0.139. The minimum Gasteiger partial charge on any atom is -0.463 e. The number of carbonyl (C=O) groups is 2. The molecule has 1 aliphatic rings. The Hall–Kier alpha value is -2.14. The number of nitrogens with one attached hydrogen (secondary N) is 1. The van der Waals surface area contributed by atoms with Gasteiger partial charge in [0.15, 0.2) is 12.1 Å². The van der Waals surface area contributed by atoms with E-state index >= 15 is 0 Å². The van der Waals surface area contributed by atoms with Crippen molar-refractivity contribution in [2.24, 2.45) is 4.99 Å². The Labute approximate surface area is 127 Å². The molecule has 6 heteroatoms. The molecule has 0 amide bonds. The van der Waals surface area contributed by atoms with Gasteiger partial charge in [0.05, 0.1) is 12.2 Å². The summed E-state index contributed by atoms with van der Waals surface area (Å²) < 4.78 is 5.08. The Morgan fingerprint density at radius 2 is 2.10 bits per heavy atom. The monoisotopic (exact) mass is 306 g/mol. The van der Waals surface area contributed by atoms with Crippen LogP contribution in [0.2, 0.25) is 5.02 Å². The maximum atomic E-state index is 12.2. The Bertz CT molecular complexity index is 620. The molecule has 1 N–H and O–H groups in total. The van der Waals surface area contributed by atoms with Gasteiger partial charge in [0, 0.05) is 10.7 Å². The number of allylic oxidation sites excluding steroid dienone is 1. The number of esters is 1. The van der Waals surface area contributed by atoms with Crippen LogP contribution >= 0.6 is 11.6 Å². The third-order valence-electron chi connectivity index (χ3n) is 3.05. The Kier molecular flexibility index (Phi) is 4.75. The smallest absolute Gasteiger partial charge is 0.338 e. The summed E-state index contributed by atoms with van der Waals surface area (Å²) in [5.41, 5.74) is 1.72. The number of ether oxygens (including phenoxy) is 1. The number of rotatable bonds is 4. The van der Waals surface area contributed by atoms with Gasteiger partial charge in [-0.1, -0.05) is 23.7 Å². The fourth-order valence-corrected chi connectivity index (χ4v) is 2.25. The summed E-state index contributed by atoms with van der Waals surface area (Å²) in [6, 6.07) is 6.40. The number of hydrogen-bond donors (Lipinski definition) is 1. The molecule has 1 aromatic carbocycles. The second-order valence-electron chi connectivity index (χ2n) is 4.47. The molecular weight excluding hydrogens is 292 g/mol. The summed E-state index contributed by atoms with van der Waals surface area (Å²) in [5, 5.41) is 3.39. The average molecular weight is 307 g/mol. The molecule has 1 aliphatic heterocycles. The topological polar surface area (TPSA) is 67.8 Å². The van der Waals surface area contributed by atoms with E-state index in [0.717, 1.165) is 5.56 Å². The predicted octanol–water partition coefficient (Wildman–Crippen LogP) is 2.42. The van der Waals surface area contributed by atoms with Gasteiger partial charge in [0.25, 0.3) is 0 Å². The highest BCUT2D eigenvalue weighted by atomic mass is 35.5. The average Bonchev–Trinajstić information content (AvgIpc) is 2.47. The lowest BCUT2D eigenvalue weighted by atomic mass is 9.96. The first-order chi connectivity index (χ1) is 10.1. The lowest BCUT2D eigenvalue weighted by Gasteiger charge is -2.24. The van der Waals surface area contributed by atoms with E-state index in [4.69, 9.17) is 16.3 Å². The molecule has 21 heavy (non-hydrogen) atoms. The fraction of sp³-hybridized carbons (Fsp3) is 0.267. The minimum absolute atomic E-state index is 0.181. The molecule has 0 radical (unpaired) electrons. The molecule has 1 atom stereocenters. The van der Waals surface area contributed by atoms with Crippen LogP contribution in [0, 0.1) is 0 Å². The Morgan fingerprint density at radius 3 is 2.67 bits per heavy atom. The number of carbonyl (C=O) groups excluding carboxylic acids is 2. The van der Waals surface area contributed by atoms with Crippen molar-refractivity contribution >= 4 is 29.7 Å². The first-order valence-electron chi connectivity index (χ1n) is 6.50. The summed E-state index contributed by atoms with van der Waals surface area (Å²) in [4.78, 5) is 27.4. The number of aldehydes is 1. The van der Waals surface area contributed by atoms with Crippen LogP contribution in [0.4, 0.5) is 0 Å². The number of aliphatic imine (C=N–C) groups is 1. The van der Waals surface area contributed by atoms with Crippen LogP contribution in [0.5, 0.6) is 0 Å². The van der Waals surface area contributed by atoms with Crippen LogP contribution in [-0.2, 0) is 14.3 Å². The van der Waals surface area contributed by atoms with E-state index in [0.29, 0.717) is 22.6 Å². The van der Waals surface area contributed by atoms with Crippen LogP contribution in [0.3, 0.4) is 0 Å².